The molecule has 0 spiro atoms. The quantitative estimate of drug-likeness (QED) is 0.688. The lowest BCUT2D eigenvalue weighted by molar-refractivity contribution is 0.434. The molecule has 0 saturated carbocycles. The minimum atomic E-state index is 0.474. The largest absolute Gasteiger partial charge is 0.438 e. The van der Waals surface area contributed by atoms with Crippen molar-refractivity contribution in [1.82, 2.24) is 29.8 Å². The molecule has 2 aromatic heterocycles. The molecular weight excluding hydrogens is 316 g/mol. The Morgan fingerprint density at radius 1 is 1.12 bits per heavy atom. The fourth-order valence-corrected chi connectivity index (χ4v) is 2.78. The van der Waals surface area contributed by atoms with Crippen LogP contribution in [0.1, 0.15) is 36.7 Å². The van der Waals surface area contributed by atoms with Crippen molar-refractivity contribution in [2.75, 3.05) is 0 Å². The molecule has 7 nitrogen and oxygen atoms in total. The van der Waals surface area contributed by atoms with Gasteiger partial charge in [-0.25, -0.2) is 4.98 Å². The van der Waals surface area contributed by atoms with Gasteiger partial charge in [0.2, 0.25) is 11.7 Å². The second-order valence-corrected chi connectivity index (χ2v) is 6.27. The van der Waals surface area contributed by atoms with Crippen LogP contribution >= 0.6 is 0 Å². The van der Waals surface area contributed by atoms with E-state index in [1.165, 1.54) is 4.80 Å². The molecule has 3 rings (SSSR count). The lowest BCUT2D eigenvalue weighted by Crippen LogP contribution is -2.01. The number of hydrogen-bond acceptors (Lipinski definition) is 5. The van der Waals surface area contributed by atoms with Crippen LogP contribution < -0.4 is 4.74 Å². The summed E-state index contributed by atoms with van der Waals surface area (Å²) < 4.78 is 8.30. The van der Waals surface area contributed by atoms with E-state index >= 15 is 0 Å². The van der Waals surface area contributed by atoms with Crippen LogP contribution in [0.2, 0.25) is 0 Å². The summed E-state index contributed by atoms with van der Waals surface area (Å²) in [5, 5.41) is 12.3. The summed E-state index contributed by atoms with van der Waals surface area (Å²) in [6.45, 7) is 6.25. The summed E-state index contributed by atoms with van der Waals surface area (Å²) in [7, 11) is 3.71. The van der Waals surface area contributed by atoms with Crippen LogP contribution in [0.25, 0.3) is 11.5 Å². The number of para-hydroxylation sites is 1. The molecule has 0 amide bonds. The van der Waals surface area contributed by atoms with E-state index in [-0.39, 0.29) is 0 Å². The van der Waals surface area contributed by atoms with Crippen molar-refractivity contribution in [1.29, 1.82) is 0 Å². The summed E-state index contributed by atoms with van der Waals surface area (Å²) in [5.74, 6) is 2.93. The topological polar surface area (TPSA) is 70.7 Å². The number of unbranched alkanes of at least 4 members (excludes halogenated alkanes) is 1. The van der Waals surface area contributed by atoms with Gasteiger partial charge in [-0.1, -0.05) is 31.5 Å². The van der Waals surface area contributed by atoms with Crippen molar-refractivity contribution in [3.8, 4) is 23.1 Å². The minimum absolute atomic E-state index is 0.474. The number of aryl methyl sites for hydroxylation is 4. The Balaban J connectivity index is 2.08. The van der Waals surface area contributed by atoms with Crippen LogP contribution in [-0.4, -0.2) is 29.8 Å². The van der Waals surface area contributed by atoms with Gasteiger partial charge in [0.25, 0.3) is 0 Å². The SMILES string of the molecule is CCCCc1nc(-c2nnn(C)n2)c(Oc2c(C)cccc2C)n1C. The molecule has 1 aromatic carbocycles. The highest BCUT2D eigenvalue weighted by atomic mass is 16.5. The predicted octanol–water partition coefficient (Wildman–Crippen LogP) is 3.36. The molecule has 25 heavy (non-hydrogen) atoms. The fourth-order valence-electron chi connectivity index (χ4n) is 2.78. The number of rotatable bonds is 6. The fraction of sp³-hybridized carbons (Fsp3) is 0.444. The number of aromatic nitrogens is 6. The Kier molecular flexibility index (Phi) is 4.83. The molecule has 3 aromatic rings. The maximum atomic E-state index is 6.31. The van der Waals surface area contributed by atoms with Gasteiger partial charge in [-0.15, -0.1) is 10.2 Å². The van der Waals surface area contributed by atoms with E-state index in [2.05, 4.69) is 22.3 Å². The van der Waals surface area contributed by atoms with Crippen molar-refractivity contribution in [2.24, 2.45) is 14.1 Å². The summed E-state index contributed by atoms with van der Waals surface area (Å²) in [5.41, 5.74) is 2.79. The van der Waals surface area contributed by atoms with Gasteiger partial charge in [0.05, 0.1) is 7.05 Å². The molecule has 0 N–H and O–H groups in total. The lowest BCUT2D eigenvalue weighted by Gasteiger charge is -2.13. The first-order valence-electron chi connectivity index (χ1n) is 8.55. The molecule has 2 heterocycles. The first-order valence-corrected chi connectivity index (χ1v) is 8.55. The third kappa shape index (κ3) is 3.40. The van der Waals surface area contributed by atoms with Gasteiger partial charge in [-0.05, 0) is 36.6 Å². The molecular formula is C18H24N6O. The van der Waals surface area contributed by atoms with Crippen LogP contribution in [0.5, 0.6) is 11.6 Å². The minimum Gasteiger partial charge on any atom is -0.438 e. The van der Waals surface area contributed by atoms with Crippen molar-refractivity contribution < 1.29 is 4.74 Å². The van der Waals surface area contributed by atoms with Crippen molar-refractivity contribution in [3.63, 3.8) is 0 Å². The van der Waals surface area contributed by atoms with Crippen molar-refractivity contribution in [3.05, 3.63) is 35.2 Å². The molecule has 0 radical (unpaired) electrons. The smallest absolute Gasteiger partial charge is 0.231 e. The van der Waals surface area contributed by atoms with E-state index in [9.17, 15) is 0 Å². The molecule has 0 aliphatic heterocycles. The maximum absolute atomic E-state index is 6.31. The second kappa shape index (κ2) is 7.04. The normalized spacial score (nSPS) is 11.1. The molecule has 0 fully saturated rings. The molecule has 0 saturated heterocycles. The van der Waals surface area contributed by atoms with Gasteiger partial charge >= 0.3 is 0 Å². The standard InChI is InChI=1S/C18H24N6O/c1-6-7-11-14-19-15(17-20-22-24(5)21-17)18(23(14)4)25-16-12(2)9-8-10-13(16)3/h8-10H,6-7,11H2,1-5H3. The Bertz CT molecular complexity index is 860. The van der Waals surface area contributed by atoms with Gasteiger partial charge < -0.3 is 9.30 Å². The Morgan fingerprint density at radius 3 is 2.44 bits per heavy atom. The molecule has 0 aliphatic carbocycles. The molecule has 0 atom stereocenters. The van der Waals surface area contributed by atoms with Gasteiger partial charge in [0.1, 0.15) is 11.6 Å². The third-order valence-electron chi connectivity index (χ3n) is 4.22. The van der Waals surface area contributed by atoms with E-state index in [0.29, 0.717) is 17.4 Å². The van der Waals surface area contributed by atoms with Gasteiger partial charge in [-0.3, -0.25) is 0 Å². The molecule has 7 heteroatoms. The van der Waals surface area contributed by atoms with Crippen LogP contribution in [0.15, 0.2) is 18.2 Å². The predicted molar refractivity (Wildman–Crippen MR) is 95.6 cm³/mol. The van der Waals surface area contributed by atoms with Crippen molar-refractivity contribution >= 4 is 0 Å². The Hall–Kier alpha value is -2.70. The highest BCUT2D eigenvalue weighted by molar-refractivity contribution is 5.58. The number of ether oxygens (including phenoxy) is 1. The lowest BCUT2D eigenvalue weighted by atomic mass is 10.1. The Morgan fingerprint density at radius 2 is 1.84 bits per heavy atom. The Labute approximate surface area is 147 Å². The summed E-state index contributed by atoms with van der Waals surface area (Å²) in [6.07, 6.45) is 3.07. The zero-order valence-electron chi connectivity index (χ0n) is 15.4. The van der Waals surface area contributed by atoms with Crippen LogP contribution in [0.3, 0.4) is 0 Å². The number of benzene rings is 1. The number of hydrogen-bond donors (Lipinski definition) is 0. The van der Waals surface area contributed by atoms with Crippen LogP contribution in [0, 0.1) is 13.8 Å². The van der Waals surface area contributed by atoms with E-state index in [1.54, 1.807) is 7.05 Å². The van der Waals surface area contributed by atoms with Crippen LogP contribution in [-0.2, 0) is 20.5 Å². The van der Waals surface area contributed by atoms with E-state index in [4.69, 9.17) is 9.72 Å². The van der Waals surface area contributed by atoms with E-state index in [1.807, 2.05) is 43.7 Å². The number of nitrogens with zero attached hydrogens (tertiary/aromatic N) is 6. The molecule has 0 aliphatic rings. The average molecular weight is 340 g/mol. The van der Waals surface area contributed by atoms with E-state index < -0.39 is 0 Å². The second-order valence-electron chi connectivity index (χ2n) is 6.27. The van der Waals surface area contributed by atoms with Crippen LogP contribution in [0.4, 0.5) is 0 Å². The number of imidazole rings is 1. The molecule has 0 bridgehead atoms. The van der Waals surface area contributed by atoms with Gasteiger partial charge in [0, 0.05) is 13.5 Å². The van der Waals surface area contributed by atoms with Gasteiger partial charge in [0.15, 0.2) is 5.69 Å². The summed E-state index contributed by atoms with van der Waals surface area (Å²) in [4.78, 5) is 6.18. The first-order chi connectivity index (χ1) is 12.0. The average Bonchev–Trinajstić information content (AvgIpc) is 3.13. The first kappa shape index (κ1) is 17.1. The van der Waals surface area contributed by atoms with E-state index in [0.717, 1.165) is 42.0 Å². The molecule has 132 valence electrons. The van der Waals surface area contributed by atoms with Gasteiger partial charge in [-0.2, -0.15) is 4.80 Å². The van der Waals surface area contributed by atoms with Crippen molar-refractivity contribution in [2.45, 2.75) is 40.0 Å². The highest BCUT2D eigenvalue weighted by Crippen LogP contribution is 2.35. The number of tetrazole rings is 1. The third-order valence-corrected chi connectivity index (χ3v) is 4.22. The zero-order valence-corrected chi connectivity index (χ0v) is 15.4. The summed E-state index contributed by atoms with van der Waals surface area (Å²) >= 11 is 0. The zero-order chi connectivity index (χ0) is 18.0. The summed E-state index contributed by atoms with van der Waals surface area (Å²) in [6, 6.07) is 6.10. The highest BCUT2D eigenvalue weighted by Gasteiger charge is 2.22. The maximum Gasteiger partial charge on any atom is 0.231 e. The monoisotopic (exact) mass is 340 g/mol. The molecule has 0 unspecified atom stereocenters.